The van der Waals surface area contributed by atoms with Gasteiger partial charge in [-0.05, 0) is 24.8 Å². The molecule has 0 bridgehead atoms. The minimum atomic E-state index is -0.438. The van der Waals surface area contributed by atoms with Gasteiger partial charge in [0.05, 0.1) is 6.54 Å². The Morgan fingerprint density at radius 1 is 1.65 bits per heavy atom. The largest absolute Gasteiger partial charge is 0.364 e. The van der Waals surface area contributed by atoms with E-state index in [0.717, 1.165) is 24.6 Å². The van der Waals surface area contributed by atoms with Crippen LogP contribution < -0.4 is 5.73 Å². The van der Waals surface area contributed by atoms with E-state index in [1.54, 1.807) is 5.38 Å². The van der Waals surface area contributed by atoms with E-state index in [2.05, 4.69) is 23.7 Å². The molecule has 4 nitrogen and oxygen atoms in total. The summed E-state index contributed by atoms with van der Waals surface area (Å²) < 4.78 is 0. The first-order chi connectivity index (χ1) is 7.96. The van der Waals surface area contributed by atoms with Crippen molar-refractivity contribution in [3.8, 4) is 0 Å². The average Bonchev–Trinajstić information content (AvgIpc) is 2.64. The number of hydrogen-bond donors (Lipinski definition) is 1. The van der Waals surface area contributed by atoms with E-state index >= 15 is 0 Å². The number of nitrogens with zero attached hydrogens (tertiary/aromatic N) is 2. The molecule has 0 atom stereocenters. The predicted molar refractivity (Wildman–Crippen MR) is 68.9 cm³/mol. The van der Waals surface area contributed by atoms with Gasteiger partial charge in [0, 0.05) is 11.9 Å². The van der Waals surface area contributed by atoms with Crippen LogP contribution >= 0.6 is 11.3 Å². The van der Waals surface area contributed by atoms with Crippen LogP contribution in [0.25, 0.3) is 0 Å². The molecule has 1 fully saturated rings. The number of hydrogen-bond acceptors (Lipinski definition) is 4. The van der Waals surface area contributed by atoms with Crippen molar-refractivity contribution in [1.82, 2.24) is 9.88 Å². The number of amides is 1. The Kier molecular flexibility index (Phi) is 3.49. The van der Waals surface area contributed by atoms with Crippen LogP contribution in [0.1, 0.15) is 42.2 Å². The molecular formula is C12H19N3OS. The molecule has 0 saturated carbocycles. The summed E-state index contributed by atoms with van der Waals surface area (Å²) >= 11 is 1.52. The Balaban J connectivity index is 1.98. The summed E-state index contributed by atoms with van der Waals surface area (Å²) in [4.78, 5) is 17.6. The van der Waals surface area contributed by atoms with Gasteiger partial charge in [-0.3, -0.25) is 9.69 Å². The minimum absolute atomic E-state index is 0.390. The second kappa shape index (κ2) is 4.74. The molecule has 94 valence electrons. The van der Waals surface area contributed by atoms with Crippen LogP contribution in [-0.4, -0.2) is 28.9 Å². The molecule has 2 heterocycles. The lowest BCUT2D eigenvalue weighted by atomic mass is 9.84. The monoisotopic (exact) mass is 253 g/mol. The van der Waals surface area contributed by atoms with Gasteiger partial charge in [-0.2, -0.15) is 0 Å². The lowest BCUT2D eigenvalue weighted by Gasteiger charge is -2.37. The number of likely N-dealkylation sites (tertiary alicyclic amines) is 1. The molecule has 1 aliphatic heterocycles. The number of primary amides is 1. The Bertz CT molecular complexity index is 414. The van der Waals surface area contributed by atoms with Gasteiger partial charge in [0.2, 0.25) is 0 Å². The first-order valence-corrected chi connectivity index (χ1v) is 6.81. The molecule has 0 radical (unpaired) electrons. The maximum absolute atomic E-state index is 11.0. The van der Waals surface area contributed by atoms with E-state index in [1.165, 1.54) is 24.2 Å². The molecule has 0 aliphatic carbocycles. The third-order valence-electron chi connectivity index (χ3n) is 3.14. The van der Waals surface area contributed by atoms with Crippen molar-refractivity contribution >= 4 is 17.2 Å². The van der Waals surface area contributed by atoms with Gasteiger partial charge in [0.15, 0.2) is 0 Å². The second-order valence-electron chi connectivity index (χ2n) is 5.47. The lowest BCUT2D eigenvalue weighted by molar-refractivity contribution is 0.0993. The zero-order valence-corrected chi connectivity index (χ0v) is 11.2. The number of nitrogens with two attached hydrogens (primary N) is 1. The fraction of sp³-hybridized carbons (Fsp3) is 0.667. The zero-order valence-electron chi connectivity index (χ0n) is 10.4. The van der Waals surface area contributed by atoms with Crippen molar-refractivity contribution < 1.29 is 4.79 Å². The van der Waals surface area contributed by atoms with Crippen molar-refractivity contribution in [3.05, 3.63) is 16.1 Å². The number of thiazole rings is 1. The molecule has 2 N–H and O–H groups in total. The van der Waals surface area contributed by atoms with E-state index in [9.17, 15) is 4.79 Å². The number of carbonyl (C=O) groups excluding carboxylic acids is 1. The smallest absolute Gasteiger partial charge is 0.268 e. The van der Waals surface area contributed by atoms with Crippen LogP contribution in [-0.2, 0) is 6.54 Å². The lowest BCUT2D eigenvalue weighted by Crippen LogP contribution is -2.39. The third-order valence-corrected chi connectivity index (χ3v) is 3.98. The van der Waals surface area contributed by atoms with Gasteiger partial charge in [-0.1, -0.05) is 13.8 Å². The van der Waals surface area contributed by atoms with Gasteiger partial charge in [-0.15, -0.1) is 11.3 Å². The Labute approximate surface area is 106 Å². The maximum Gasteiger partial charge on any atom is 0.268 e. The van der Waals surface area contributed by atoms with Crippen molar-refractivity contribution in [2.75, 3.05) is 13.1 Å². The Hall–Kier alpha value is -0.940. The molecule has 0 spiro atoms. The van der Waals surface area contributed by atoms with Crippen molar-refractivity contribution in [2.24, 2.45) is 11.1 Å². The topological polar surface area (TPSA) is 59.2 Å². The van der Waals surface area contributed by atoms with Crippen LogP contribution in [0.3, 0.4) is 0 Å². The standard InChI is InChI=1S/C12H19N3OS/c1-12(2)4-3-5-15(8-12)6-10-14-9(7-17-10)11(13)16/h7H,3-6,8H2,1-2H3,(H2,13,16). The highest BCUT2D eigenvalue weighted by Crippen LogP contribution is 2.29. The van der Waals surface area contributed by atoms with E-state index < -0.39 is 5.91 Å². The molecule has 1 aliphatic rings. The number of carbonyl (C=O) groups is 1. The fourth-order valence-electron chi connectivity index (χ4n) is 2.37. The molecule has 5 heteroatoms. The summed E-state index contributed by atoms with van der Waals surface area (Å²) in [5.41, 5.74) is 5.98. The number of piperidine rings is 1. The SMILES string of the molecule is CC1(C)CCCN(Cc2nc(C(N)=O)cs2)C1. The summed E-state index contributed by atoms with van der Waals surface area (Å²) in [6.45, 7) is 7.65. The molecule has 1 aromatic heterocycles. The first-order valence-electron chi connectivity index (χ1n) is 5.93. The van der Waals surface area contributed by atoms with Crippen LogP contribution in [0.15, 0.2) is 5.38 Å². The van der Waals surface area contributed by atoms with Crippen molar-refractivity contribution in [1.29, 1.82) is 0 Å². The van der Waals surface area contributed by atoms with Crippen molar-refractivity contribution in [2.45, 2.75) is 33.2 Å². The van der Waals surface area contributed by atoms with Crippen LogP contribution in [0.5, 0.6) is 0 Å². The summed E-state index contributed by atoms with van der Waals surface area (Å²) in [5, 5.41) is 2.73. The highest BCUT2D eigenvalue weighted by atomic mass is 32.1. The highest BCUT2D eigenvalue weighted by Gasteiger charge is 2.26. The van der Waals surface area contributed by atoms with Crippen LogP contribution in [0.2, 0.25) is 0 Å². The molecule has 1 amide bonds. The normalized spacial score (nSPS) is 20.4. The quantitative estimate of drug-likeness (QED) is 0.894. The molecule has 2 rings (SSSR count). The van der Waals surface area contributed by atoms with Gasteiger partial charge in [-0.25, -0.2) is 4.98 Å². The number of aromatic nitrogens is 1. The minimum Gasteiger partial charge on any atom is -0.364 e. The summed E-state index contributed by atoms with van der Waals surface area (Å²) in [6.07, 6.45) is 2.52. The van der Waals surface area contributed by atoms with E-state index in [1.807, 2.05) is 0 Å². The van der Waals surface area contributed by atoms with E-state index in [4.69, 9.17) is 5.73 Å². The average molecular weight is 253 g/mol. The predicted octanol–water partition coefficient (Wildman–Crippen LogP) is 1.86. The summed E-state index contributed by atoms with van der Waals surface area (Å²) in [5.74, 6) is -0.438. The molecule has 0 unspecified atom stereocenters. The molecule has 0 aromatic carbocycles. The van der Waals surface area contributed by atoms with Crippen LogP contribution in [0.4, 0.5) is 0 Å². The molecule has 1 aromatic rings. The Morgan fingerprint density at radius 3 is 3.00 bits per heavy atom. The maximum atomic E-state index is 11.0. The second-order valence-corrected chi connectivity index (χ2v) is 6.41. The van der Waals surface area contributed by atoms with E-state index in [0.29, 0.717) is 11.1 Å². The molecular weight excluding hydrogens is 234 g/mol. The van der Waals surface area contributed by atoms with Gasteiger partial charge in [0.1, 0.15) is 10.7 Å². The van der Waals surface area contributed by atoms with Crippen LogP contribution in [0, 0.1) is 5.41 Å². The fourth-order valence-corrected chi connectivity index (χ4v) is 3.19. The molecule has 17 heavy (non-hydrogen) atoms. The van der Waals surface area contributed by atoms with E-state index in [-0.39, 0.29) is 0 Å². The van der Waals surface area contributed by atoms with Gasteiger partial charge >= 0.3 is 0 Å². The van der Waals surface area contributed by atoms with Gasteiger partial charge in [0.25, 0.3) is 5.91 Å². The molecule has 1 saturated heterocycles. The summed E-state index contributed by atoms with van der Waals surface area (Å²) in [7, 11) is 0. The highest BCUT2D eigenvalue weighted by molar-refractivity contribution is 7.09. The number of rotatable bonds is 3. The Morgan fingerprint density at radius 2 is 2.41 bits per heavy atom. The summed E-state index contributed by atoms with van der Waals surface area (Å²) in [6, 6.07) is 0. The first kappa shape index (κ1) is 12.5. The zero-order chi connectivity index (χ0) is 12.5. The third kappa shape index (κ3) is 3.26. The van der Waals surface area contributed by atoms with Crippen molar-refractivity contribution in [3.63, 3.8) is 0 Å². The van der Waals surface area contributed by atoms with Gasteiger partial charge < -0.3 is 5.73 Å².